The Balaban J connectivity index is 1.81. The molecule has 0 saturated carbocycles. The third-order valence-corrected chi connectivity index (χ3v) is 4.13. The third kappa shape index (κ3) is 3.76. The minimum Gasteiger partial charge on any atom is -0.454 e. The fourth-order valence-electron chi connectivity index (χ4n) is 2.45. The maximum absolute atomic E-state index is 12.4. The molecule has 2 aromatic rings. The smallest absolute Gasteiger partial charge is 0.262 e. The summed E-state index contributed by atoms with van der Waals surface area (Å²) in [6, 6.07) is 14.5. The van der Waals surface area contributed by atoms with Crippen molar-refractivity contribution in [3.8, 4) is 17.6 Å². The van der Waals surface area contributed by atoms with Crippen LogP contribution in [0.15, 0.2) is 48.0 Å². The topological polar surface area (TPSA) is 71.4 Å². The van der Waals surface area contributed by atoms with Gasteiger partial charge in [-0.15, -0.1) is 0 Å². The van der Waals surface area contributed by atoms with Crippen molar-refractivity contribution in [3.05, 3.63) is 64.2 Å². The normalized spacial score (nSPS) is 13.9. The number of benzene rings is 2. The largest absolute Gasteiger partial charge is 0.454 e. The van der Waals surface area contributed by atoms with E-state index in [0.29, 0.717) is 22.1 Å². The van der Waals surface area contributed by atoms with Crippen molar-refractivity contribution < 1.29 is 14.3 Å². The van der Waals surface area contributed by atoms with Gasteiger partial charge in [0.25, 0.3) is 5.91 Å². The Morgan fingerprint density at radius 2 is 1.96 bits per heavy atom. The SMILES string of the molecule is C[C@H](NC(=O)/C(C#N)=C\c1cc2c(cc1Cl)OCO2)c1ccccc1. The highest BCUT2D eigenvalue weighted by Crippen LogP contribution is 2.37. The van der Waals surface area contributed by atoms with Gasteiger partial charge in [-0.2, -0.15) is 5.26 Å². The molecule has 0 unspecified atom stereocenters. The molecule has 0 saturated heterocycles. The van der Waals surface area contributed by atoms with Crippen molar-refractivity contribution in [1.82, 2.24) is 5.32 Å². The first kappa shape index (κ1) is 16.9. The van der Waals surface area contributed by atoms with Crippen LogP contribution in [0.1, 0.15) is 24.1 Å². The molecular formula is C19H15ClN2O3. The zero-order valence-corrected chi connectivity index (χ0v) is 14.2. The molecule has 126 valence electrons. The minimum atomic E-state index is -0.465. The maximum Gasteiger partial charge on any atom is 0.262 e. The van der Waals surface area contributed by atoms with Crippen molar-refractivity contribution in [3.63, 3.8) is 0 Å². The first-order valence-corrected chi connectivity index (χ1v) is 8.03. The summed E-state index contributed by atoms with van der Waals surface area (Å²) in [7, 11) is 0. The number of rotatable bonds is 4. The van der Waals surface area contributed by atoms with E-state index in [1.165, 1.54) is 6.08 Å². The van der Waals surface area contributed by atoms with Gasteiger partial charge in [-0.3, -0.25) is 4.79 Å². The molecule has 0 radical (unpaired) electrons. The van der Waals surface area contributed by atoms with Gasteiger partial charge in [-0.05, 0) is 30.2 Å². The van der Waals surface area contributed by atoms with Gasteiger partial charge in [0.05, 0.1) is 11.1 Å². The van der Waals surface area contributed by atoms with Gasteiger partial charge >= 0.3 is 0 Å². The average molecular weight is 355 g/mol. The molecule has 5 nitrogen and oxygen atoms in total. The average Bonchev–Trinajstić information content (AvgIpc) is 3.07. The summed E-state index contributed by atoms with van der Waals surface area (Å²) in [6.45, 7) is 1.98. The monoisotopic (exact) mass is 354 g/mol. The fourth-order valence-corrected chi connectivity index (χ4v) is 2.66. The number of nitrogens with one attached hydrogen (secondary N) is 1. The molecule has 1 aliphatic rings. The van der Waals surface area contributed by atoms with E-state index in [1.54, 1.807) is 12.1 Å². The van der Waals surface area contributed by atoms with E-state index in [2.05, 4.69) is 5.32 Å². The Bertz CT molecular complexity index is 872. The Hall–Kier alpha value is -2.97. The summed E-state index contributed by atoms with van der Waals surface area (Å²) in [5, 5.41) is 12.5. The van der Waals surface area contributed by atoms with E-state index in [1.807, 2.05) is 43.3 Å². The molecule has 1 aliphatic heterocycles. The highest BCUT2D eigenvalue weighted by atomic mass is 35.5. The summed E-state index contributed by atoms with van der Waals surface area (Å²) in [5.74, 6) is 0.612. The van der Waals surface area contributed by atoms with Crippen LogP contribution < -0.4 is 14.8 Å². The van der Waals surface area contributed by atoms with Crippen LogP contribution in [-0.2, 0) is 4.79 Å². The molecule has 3 rings (SSSR count). The van der Waals surface area contributed by atoms with Crippen LogP contribution in [-0.4, -0.2) is 12.7 Å². The molecule has 2 aromatic carbocycles. The zero-order valence-electron chi connectivity index (χ0n) is 13.5. The van der Waals surface area contributed by atoms with Crippen LogP contribution in [0.4, 0.5) is 0 Å². The quantitative estimate of drug-likeness (QED) is 0.668. The number of hydrogen-bond acceptors (Lipinski definition) is 4. The van der Waals surface area contributed by atoms with Crippen LogP contribution in [0, 0.1) is 11.3 Å². The molecular weight excluding hydrogens is 340 g/mol. The molecule has 6 heteroatoms. The lowest BCUT2D eigenvalue weighted by Gasteiger charge is -2.13. The molecule has 1 heterocycles. The van der Waals surface area contributed by atoms with Gasteiger partial charge in [0.2, 0.25) is 6.79 Å². The molecule has 25 heavy (non-hydrogen) atoms. The standard InChI is InChI=1S/C19H15ClN2O3/c1-12(13-5-3-2-4-6-13)22-19(23)15(10-21)7-14-8-17-18(9-16(14)20)25-11-24-17/h2-9,12H,11H2,1H3,(H,22,23)/b15-7-/t12-/m0/s1. The predicted molar refractivity (Wildman–Crippen MR) is 94.2 cm³/mol. The lowest BCUT2D eigenvalue weighted by atomic mass is 10.1. The molecule has 1 N–H and O–H groups in total. The first-order valence-electron chi connectivity index (χ1n) is 7.65. The number of amides is 1. The molecule has 0 spiro atoms. The maximum atomic E-state index is 12.4. The van der Waals surface area contributed by atoms with Crippen molar-refractivity contribution >= 4 is 23.6 Å². The number of ether oxygens (including phenoxy) is 2. The van der Waals surface area contributed by atoms with Crippen LogP contribution in [0.2, 0.25) is 5.02 Å². The molecule has 1 atom stereocenters. The molecule has 0 aliphatic carbocycles. The zero-order chi connectivity index (χ0) is 17.8. The minimum absolute atomic E-state index is 0.0384. The summed E-state index contributed by atoms with van der Waals surface area (Å²) >= 11 is 6.19. The van der Waals surface area contributed by atoms with Crippen molar-refractivity contribution in [2.24, 2.45) is 0 Å². The predicted octanol–water partition coefficient (Wildman–Crippen LogP) is 3.85. The van der Waals surface area contributed by atoms with E-state index in [4.69, 9.17) is 21.1 Å². The second kappa shape index (κ2) is 7.29. The lowest BCUT2D eigenvalue weighted by Crippen LogP contribution is -2.27. The van der Waals surface area contributed by atoms with E-state index < -0.39 is 5.91 Å². The van der Waals surface area contributed by atoms with E-state index in [9.17, 15) is 10.1 Å². The van der Waals surface area contributed by atoms with E-state index >= 15 is 0 Å². The second-order valence-corrected chi connectivity index (χ2v) is 5.91. The van der Waals surface area contributed by atoms with Gasteiger partial charge in [0, 0.05) is 6.07 Å². The van der Waals surface area contributed by atoms with Crippen LogP contribution >= 0.6 is 11.6 Å². The second-order valence-electron chi connectivity index (χ2n) is 5.50. The lowest BCUT2D eigenvalue weighted by molar-refractivity contribution is -0.117. The Morgan fingerprint density at radius 3 is 2.64 bits per heavy atom. The highest BCUT2D eigenvalue weighted by Gasteiger charge is 2.18. The summed E-state index contributed by atoms with van der Waals surface area (Å²) in [5.41, 5.74) is 1.43. The van der Waals surface area contributed by atoms with Crippen LogP contribution in [0.3, 0.4) is 0 Å². The summed E-state index contributed by atoms with van der Waals surface area (Å²) in [6.07, 6.45) is 1.44. The van der Waals surface area contributed by atoms with Crippen LogP contribution in [0.25, 0.3) is 6.08 Å². The van der Waals surface area contributed by atoms with Crippen molar-refractivity contribution in [2.45, 2.75) is 13.0 Å². The number of carbonyl (C=O) groups excluding carboxylic acids is 1. The number of fused-ring (bicyclic) bond motifs is 1. The summed E-state index contributed by atoms with van der Waals surface area (Å²) < 4.78 is 10.5. The summed E-state index contributed by atoms with van der Waals surface area (Å²) in [4.78, 5) is 12.4. The van der Waals surface area contributed by atoms with Crippen molar-refractivity contribution in [1.29, 1.82) is 5.26 Å². The Morgan fingerprint density at radius 1 is 1.28 bits per heavy atom. The van der Waals surface area contributed by atoms with Crippen molar-refractivity contribution in [2.75, 3.05) is 6.79 Å². The number of hydrogen-bond donors (Lipinski definition) is 1. The van der Waals surface area contributed by atoms with Gasteiger partial charge in [-0.1, -0.05) is 41.9 Å². The highest BCUT2D eigenvalue weighted by molar-refractivity contribution is 6.32. The van der Waals surface area contributed by atoms with Gasteiger partial charge in [0.1, 0.15) is 11.6 Å². The number of nitriles is 1. The number of halogens is 1. The third-order valence-electron chi connectivity index (χ3n) is 3.80. The number of carbonyl (C=O) groups is 1. The van der Waals surface area contributed by atoms with Gasteiger partial charge in [0.15, 0.2) is 11.5 Å². The Kier molecular flexibility index (Phi) is 4.92. The molecule has 0 bridgehead atoms. The number of nitrogens with zero attached hydrogens (tertiary/aromatic N) is 1. The Labute approximate surface area is 150 Å². The van der Waals surface area contributed by atoms with Gasteiger partial charge < -0.3 is 14.8 Å². The first-order chi connectivity index (χ1) is 12.1. The molecule has 1 amide bonds. The van der Waals surface area contributed by atoms with E-state index in [-0.39, 0.29) is 18.4 Å². The van der Waals surface area contributed by atoms with Crippen LogP contribution in [0.5, 0.6) is 11.5 Å². The molecule has 0 fully saturated rings. The van der Waals surface area contributed by atoms with Gasteiger partial charge in [-0.25, -0.2) is 0 Å². The molecule has 0 aromatic heterocycles. The fraction of sp³-hybridized carbons (Fsp3) is 0.158. The van der Waals surface area contributed by atoms with E-state index in [0.717, 1.165) is 5.56 Å².